The number of esters is 1. The summed E-state index contributed by atoms with van der Waals surface area (Å²) in [4.78, 5) is 26.2. The largest absolute Gasteiger partial charge is 0.462 e. The Morgan fingerprint density at radius 1 is 1.04 bits per heavy atom. The minimum absolute atomic E-state index is 0.0847. The molecule has 0 heterocycles. The van der Waals surface area contributed by atoms with Crippen molar-refractivity contribution in [3.05, 3.63) is 65.7 Å². The zero-order chi connectivity index (χ0) is 18.9. The first-order valence-corrected chi connectivity index (χ1v) is 8.84. The summed E-state index contributed by atoms with van der Waals surface area (Å²) < 4.78 is 4.95. The van der Waals surface area contributed by atoms with Gasteiger partial charge in [0.25, 0.3) is 0 Å². The van der Waals surface area contributed by atoms with Crippen molar-refractivity contribution in [2.24, 2.45) is 0 Å². The normalized spacial score (nSPS) is 10.8. The summed E-state index contributed by atoms with van der Waals surface area (Å²) in [5, 5.41) is 2.88. The zero-order valence-electron chi connectivity index (χ0n) is 15.6. The first kappa shape index (κ1) is 19.7. The van der Waals surface area contributed by atoms with Crippen molar-refractivity contribution in [3.63, 3.8) is 0 Å². The number of benzene rings is 2. The summed E-state index contributed by atoms with van der Waals surface area (Å²) in [6, 6.07) is 17.1. The average Bonchev–Trinajstić information content (AvgIpc) is 2.62. The van der Waals surface area contributed by atoms with Crippen molar-refractivity contribution < 1.29 is 14.3 Å². The molecule has 2 aromatic carbocycles. The van der Waals surface area contributed by atoms with Gasteiger partial charge in [-0.25, -0.2) is 4.79 Å². The van der Waals surface area contributed by atoms with Crippen LogP contribution in [0.4, 0.5) is 5.69 Å². The van der Waals surface area contributed by atoms with Gasteiger partial charge in [-0.05, 0) is 50.6 Å². The summed E-state index contributed by atoms with van der Waals surface area (Å²) in [6.07, 6.45) is 0. The van der Waals surface area contributed by atoms with E-state index in [1.165, 1.54) is 5.56 Å². The van der Waals surface area contributed by atoms with Crippen LogP contribution in [-0.2, 0) is 16.1 Å². The first-order valence-electron chi connectivity index (χ1n) is 8.84. The lowest BCUT2D eigenvalue weighted by Gasteiger charge is -2.26. The van der Waals surface area contributed by atoms with Gasteiger partial charge in [0.1, 0.15) is 0 Å². The smallest absolute Gasteiger partial charge is 0.338 e. The van der Waals surface area contributed by atoms with Gasteiger partial charge in [-0.3, -0.25) is 9.69 Å². The van der Waals surface area contributed by atoms with Crippen LogP contribution in [0.1, 0.15) is 36.7 Å². The van der Waals surface area contributed by atoms with E-state index >= 15 is 0 Å². The van der Waals surface area contributed by atoms with Crippen LogP contribution in [-0.4, -0.2) is 36.0 Å². The molecule has 0 aromatic heterocycles. The van der Waals surface area contributed by atoms with Crippen LogP contribution in [0.15, 0.2) is 54.6 Å². The summed E-state index contributed by atoms with van der Waals surface area (Å²) in [5.74, 6) is -0.447. The molecule has 1 amide bonds. The number of carbonyl (C=O) groups is 2. The van der Waals surface area contributed by atoms with E-state index in [0.717, 1.165) is 0 Å². The lowest BCUT2D eigenvalue weighted by molar-refractivity contribution is -0.117. The van der Waals surface area contributed by atoms with E-state index in [1.807, 2.05) is 18.2 Å². The van der Waals surface area contributed by atoms with Crippen molar-refractivity contribution in [1.29, 1.82) is 0 Å². The zero-order valence-corrected chi connectivity index (χ0v) is 15.6. The molecule has 138 valence electrons. The van der Waals surface area contributed by atoms with E-state index in [2.05, 4.69) is 36.2 Å². The van der Waals surface area contributed by atoms with Gasteiger partial charge < -0.3 is 10.1 Å². The first-order chi connectivity index (χ1) is 12.5. The SMILES string of the molecule is CCOC(=O)c1ccc(NC(=O)CN(Cc2ccccc2)C(C)C)cc1. The second kappa shape index (κ2) is 9.73. The number of nitrogens with one attached hydrogen (secondary N) is 1. The summed E-state index contributed by atoms with van der Waals surface area (Å²) in [6.45, 7) is 7.26. The number of hydrogen-bond donors (Lipinski definition) is 1. The van der Waals surface area contributed by atoms with Crippen molar-refractivity contribution in [2.45, 2.75) is 33.4 Å². The Morgan fingerprint density at radius 3 is 2.27 bits per heavy atom. The van der Waals surface area contributed by atoms with E-state index in [0.29, 0.717) is 30.9 Å². The molecular formula is C21H26N2O3. The number of ether oxygens (including phenoxy) is 1. The molecule has 0 radical (unpaired) electrons. The summed E-state index contributed by atoms with van der Waals surface area (Å²) in [7, 11) is 0. The van der Waals surface area contributed by atoms with Gasteiger partial charge in [-0.2, -0.15) is 0 Å². The maximum absolute atomic E-state index is 12.4. The second-order valence-electron chi connectivity index (χ2n) is 6.33. The molecule has 0 bridgehead atoms. The maximum atomic E-state index is 12.4. The molecule has 0 fully saturated rings. The third-order valence-electron chi connectivity index (χ3n) is 3.99. The minimum Gasteiger partial charge on any atom is -0.462 e. The fourth-order valence-electron chi connectivity index (χ4n) is 2.53. The maximum Gasteiger partial charge on any atom is 0.338 e. The van der Waals surface area contributed by atoms with E-state index in [9.17, 15) is 9.59 Å². The van der Waals surface area contributed by atoms with Crippen LogP contribution in [0.5, 0.6) is 0 Å². The topological polar surface area (TPSA) is 58.6 Å². The van der Waals surface area contributed by atoms with Crippen LogP contribution in [0.3, 0.4) is 0 Å². The van der Waals surface area contributed by atoms with Crippen LogP contribution >= 0.6 is 0 Å². The Kier molecular flexibility index (Phi) is 7.36. The van der Waals surface area contributed by atoms with Crippen molar-refractivity contribution in [1.82, 2.24) is 4.90 Å². The van der Waals surface area contributed by atoms with Gasteiger partial charge in [0.05, 0.1) is 18.7 Å². The number of rotatable bonds is 8. The van der Waals surface area contributed by atoms with Gasteiger partial charge >= 0.3 is 5.97 Å². The molecule has 0 saturated heterocycles. The minimum atomic E-state index is -0.362. The third-order valence-corrected chi connectivity index (χ3v) is 3.99. The molecule has 0 aliphatic carbocycles. The Hall–Kier alpha value is -2.66. The van der Waals surface area contributed by atoms with Gasteiger partial charge in [-0.1, -0.05) is 30.3 Å². The molecule has 2 aromatic rings. The molecule has 0 atom stereocenters. The number of anilines is 1. The molecule has 5 heteroatoms. The highest BCUT2D eigenvalue weighted by Crippen LogP contribution is 2.12. The fourth-order valence-corrected chi connectivity index (χ4v) is 2.53. The highest BCUT2D eigenvalue weighted by Gasteiger charge is 2.15. The molecule has 0 aliphatic rings. The highest BCUT2D eigenvalue weighted by molar-refractivity contribution is 5.94. The fraction of sp³-hybridized carbons (Fsp3) is 0.333. The molecular weight excluding hydrogens is 328 g/mol. The molecule has 2 rings (SSSR count). The van der Waals surface area contributed by atoms with Gasteiger partial charge in [0.15, 0.2) is 0 Å². The van der Waals surface area contributed by atoms with Crippen LogP contribution < -0.4 is 5.32 Å². The van der Waals surface area contributed by atoms with Crippen molar-refractivity contribution >= 4 is 17.6 Å². The average molecular weight is 354 g/mol. The van der Waals surface area contributed by atoms with Crippen LogP contribution in [0.25, 0.3) is 0 Å². The quantitative estimate of drug-likeness (QED) is 0.734. The molecule has 5 nitrogen and oxygen atoms in total. The molecule has 0 spiro atoms. The van der Waals surface area contributed by atoms with Crippen molar-refractivity contribution in [3.8, 4) is 0 Å². The monoisotopic (exact) mass is 354 g/mol. The Labute approximate surface area is 155 Å². The summed E-state index contributed by atoms with van der Waals surface area (Å²) >= 11 is 0. The predicted octanol–water partition coefficient (Wildman–Crippen LogP) is 3.71. The van der Waals surface area contributed by atoms with Gasteiger partial charge in [0, 0.05) is 18.3 Å². The van der Waals surface area contributed by atoms with Gasteiger partial charge in [0.2, 0.25) is 5.91 Å². The third kappa shape index (κ3) is 6.01. The summed E-state index contributed by atoms with van der Waals surface area (Å²) in [5.41, 5.74) is 2.30. The van der Waals surface area contributed by atoms with Crippen molar-refractivity contribution in [2.75, 3.05) is 18.5 Å². The van der Waals surface area contributed by atoms with E-state index in [4.69, 9.17) is 4.74 Å². The lowest BCUT2D eigenvalue weighted by Crippen LogP contribution is -2.37. The Morgan fingerprint density at radius 2 is 1.69 bits per heavy atom. The number of amides is 1. The standard InChI is InChI=1S/C21H26N2O3/c1-4-26-21(25)18-10-12-19(13-11-18)22-20(24)15-23(16(2)3)14-17-8-6-5-7-9-17/h5-13,16H,4,14-15H2,1-3H3,(H,22,24). The number of hydrogen-bond acceptors (Lipinski definition) is 4. The Bertz CT molecular complexity index is 712. The van der Waals surface area contributed by atoms with E-state index in [1.54, 1.807) is 31.2 Å². The van der Waals surface area contributed by atoms with E-state index < -0.39 is 0 Å². The molecule has 0 saturated carbocycles. The second-order valence-corrected chi connectivity index (χ2v) is 6.33. The molecule has 0 aliphatic heterocycles. The lowest BCUT2D eigenvalue weighted by atomic mass is 10.2. The Balaban J connectivity index is 1.94. The molecule has 0 unspecified atom stereocenters. The van der Waals surface area contributed by atoms with Gasteiger partial charge in [-0.15, -0.1) is 0 Å². The number of carbonyl (C=O) groups excluding carboxylic acids is 2. The molecule has 1 N–H and O–H groups in total. The van der Waals surface area contributed by atoms with Crippen LogP contribution in [0.2, 0.25) is 0 Å². The predicted molar refractivity (Wildman–Crippen MR) is 103 cm³/mol. The van der Waals surface area contributed by atoms with E-state index in [-0.39, 0.29) is 17.9 Å². The number of nitrogens with zero attached hydrogens (tertiary/aromatic N) is 1. The van der Waals surface area contributed by atoms with Crippen LogP contribution in [0, 0.1) is 0 Å². The highest BCUT2D eigenvalue weighted by atomic mass is 16.5. The molecule has 26 heavy (non-hydrogen) atoms.